The van der Waals surface area contributed by atoms with E-state index in [4.69, 9.17) is 36.8 Å². The van der Waals surface area contributed by atoms with Gasteiger partial charge in [-0.3, -0.25) is 4.79 Å². The Morgan fingerprint density at radius 2 is 1.74 bits per heavy atom. The van der Waals surface area contributed by atoms with Crippen molar-refractivity contribution in [2.75, 3.05) is 24.6 Å². The second-order valence-electron chi connectivity index (χ2n) is 10.5. The smallest absolute Gasteiger partial charge is 0.407 e. The van der Waals surface area contributed by atoms with Crippen molar-refractivity contribution in [2.24, 2.45) is 10.7 Å². The number of amides is 1. The SMILES string of the molecule is CC(C)(C)OC(=O)NCCCCC(=O)OC[n+]1ccc(N(CCCCCCOc2ccc(Cl)cc2)C(N)=NC#N)cc1. The molecule has 1 aromatic carbocycles. The first-order valence-electron chi connectivity index (χ1n) is 14.1. The molecule has 0 fully saturated rings. The van der Waals surface area contributed by atoms with Gasteiger partial charge < -0.3 is 30.2 Å². The minimum absolute atomic E-state index is 0.0646. The Labute approximate surface area is 253 Å². The summed E-state index contributed by atoms with van der Waals surface area (Å²) in [6.45, 7) is 7.10. The molecule has 0 aliphatic rings. The fourth-order valence-electron chi connectivity index (χ4n) is 3.77. The van der Waals surface area contributed by atoms with Crippen molar-refractivity contribution in [1.82, 2.24) is 5.32 Å². The van der Waals surface area contributed by atoms with Crippen molar-refractivity contribution in [1.29, 1.82) is 5.26 Å². The standard InChI is InChI=1S/C30H41ClN6O5/c1-30(2,3)42-29(39)34-17-7-6-10-27(38)41-23-36-19-15-25(16-20-36)37(28(33)35-22-32)18-8-4-5-9-21-40-26-13-11-24(31)12-14-26/h11-16,19-20H,4-10,17-18,21,23H2,1-3H3,(H2-,33,34,35,39)/p+1. The Morgan fingerprint density at radius 1 is 1.05 bits per heavy atom. The molecule has 1 aromatic heterocycles. The molecule has 2 rings (SSSR count). The molecule has 0 atom stereocenters. The van der Waals surface area contributed by atoms with Crippen molar-refractivity contribution in [3.63, 3.8) is 0 Å². The molecule has 0 bridgehead atoms. The molecule has 1 amide bonds. The number of aliphatic imine (C=N–C) groups is 1. The largest absolute Gasteiger partial charge is 0.494 e. The quantitative estimate of drug-likeness (QED) is 0.0678. The monoisotopic (exact) mass is 601 g/mol. The maximum Gasteiger partial charge on any atom is 0.407 e. The van der Waals surface area contributed by atoms with Gasteiger partial charge in [-0.2, -0.15) is 9.83 Å². The molecule has 0 radical (unpaired) electrons. The summed E-state index contributed by atoms with van der Waals surface area (Å²) >= 11 is 5.89. The number of benzene rings is 1. The normalized spacial score (nSPS) is 11.4. The van der Waals surface area contributed by atoms with Crippen LogP contribution in [-0.4, -0.2) is 43.3 Å². The molecule has 0 aliphatic carbocycles. The highest BCUT2D eigenvalue weighted by molar-refractivity contribution is 6.30. The number of nitrogens with two attached hydrogens (primary N) is 1. The average Bonchev–Trinajstić information content (AvgIpc) is 2.94. The van der Waals surface area contributed by atoms with Crippen LogP contribution >= 0.6 is 11.6 Å². The molecule has 0 spiro atoms. The lowest BCUT2D eigenvalue weighted by molar-refractivity contribution is -0.727. The third-order valence-electron chi connectivity index (χ3n) is 5.84. The van der Waals surface area contributed by atoms with Crippen LogP contribution in [0.3, 0.4) is 0 Å². The van der Waals surface area contributed by atoms with Crippen molar-refractivity contribution in [3.8, 4) is 11.9 Å². The summed E-state index contributed by atoms with van der Waals surface area (Å²) in [6.07, 6.45) is 9.99. The molecular formula is C30H42ClN6O5+. The van der Waals surface area contributed by atoms with Crippen LogP contribution in [-0.2, 0) is 21.0 Å². The lowest BCUT2D eigenvalue weighted by atomic mass is 10.2. The van der Waals surface area contributed by atoms with E-state index in [-0.39, 0.29) is 25.1 Å². The van der Waals surface area contributed by atoms with Crippen molar-refractivity contribution in [2.45, 2.75) is 78.0 Å². The molecule has 3 N–H and O–H groups in total. The topological polar surface area (TPSA) is 143 Å². The summed E-state index contributed by atoms with van der Waals surface area (Å²) in [6, 6.07) is 11.0. The molecule has 0 saturated heterocycles. The number of unbranched alkanes of at least 4 members (excludes halogenated alkanes) is 4. The van der Waals surface area contributed by atoms with E-state index in [1.54, 1.807) is 61.0 Å². The second kappa shape index (κ2) is 18.4. The molecule has 0 unspecified atom stereocenters. The van der Waals surface area contributed by atoms with E-state index in [0.29, 0.717) is 37.6 Å². The van der Waals surface area contributed by atoms with E-state index in [2.05, 4.69) is 10.3 Å². The highest BCUT2D eigenvalue weighted by Gasteiger charge is 2.16. The number of carbonyl (C=O) groups is 2. The Kier molecular flexibility index (Phi) is 15.0. The first-order valence-corrected chi connectivity index (χ1v) is 14.4. The lowest BCUT2D eigenvalue weighted by Gasteiger charge is -2.22. The Morgan fingerprint density at radius 3 is 2.40 bits per heavy atom. The molecular weight excluding hydrogens is 560 g/mol. The third kappa shape index (κ3) is 14.6. The van der Waals surface area contributed by atoms with Gasteiger partial charge in [-0.15, -0.1) is 4.99 Å². The van der Waals surface area contributed by atoms with Crippen LogP contribution in [0.1, 0.15) is 65.7 Å². The number of halogens is 1. The molecule has 12 heteroatoms. The van der Waals surface area contributed by atoms with Gasteiger partial charge in [0.05, 0.1) is 12.3 Å². The van der Waals surface area contributed by atoms with Crippen LogP contribution in [0.15, 0.2) is 53.8 Å². The van der Waals surface area contributed by atoms with Gasteiger partial charge in [0.2, 0.25) is 12.2 Å². The molecule has 11 nitrogen and oxygen atoms in total. The predicted molar refractivity (Wildman–Crippen MR) is 161 cm³/mol. The Hall–Kier alpha value is -4.04. The summed E-state index contributed by atoms with van der Waals surface area (Å²) in [5.41, 5.74) is 6.29. The highest BCUT2D eigenvalue weighted by Crippen LogP contribution is 2.17. The predicted octanol–water partition coefficient (Wildman–Crippen LogP) is 5.06. The number of alkyl carbamates (subject to hydrolysis) is 1. The van der Waals surface area contributed by atoms with Gasteiger partial charge in [-0.25, -0.2) is 4.79 Å². The highest BCUT2D eigenvalue weighted by atomic mass is 35.5. The summed E-state index contributed by atoms with van der Waals surface area (Å²) in [7, 11) is 0. The molecule has 0 aliphatic heterocycles. The minimum atomic E-state index is -0.547. The van der Waals surface area contributed by atoms with Crippen LogP contribution in [0.4, 0.5) is 10.5 Å². The van der Waals surface area contributed by atoms with Gasteiger partial charge in [0, 0.05) is 36.7 Å². The number of nitrogens with zero attached hydrogens (tertiary/aromatic N) is 4. The number of hydrogen-bond donors (Lipinski definition) is 2. The number of guanidine groups is 1. The number of pyridine rings is 1. The van der Waals surface area contributed by atoms with Crippen molar-refractivity contribution in [3.05, 3.63) is 53.8 Å². The van der Waals surface area contributed by atoms with Gasteiger partial charge in [0.1, 0.15) is 11.4 Å². The van der Waals surface area contributed by atoms with Crippen molar-refractivity contribution < 1.29 is 28.4 Å². The first-order chi connectivity index (χ1) is 20.1. The number of hydrogen-bond acceptors (Lipinski definition) is 7. The maximum atomic E-state index is 12.1. The number of esters is 1. The van der Waals surface area contributed by atoms with Gasteiger partial charge in [-0.1, -0.05) is 24.4 Å². The minimum Gasteiger partial charge on any atom is -0.494 e. The van der Waals surface area contributed by atoms with E-state index in [0.717, 1.165) is 37.1 Å². The average molecular weight is 602 g/mol. The zero-order valence-corrected chi connectivity index (χ0v) is 25.4. The number of ether oxygens (including phenoxy) is 3. The van der Waals surface area contributed by atoms with Gasteiger partial charge in [0.15, 0.2) is 12.4 Å². The Bertz CT molecular complexity index is 1180. The summed E-state index contributed by atoms with van der Waals surface area (Å²) in [5.74, 6) is 0.593. The zero-order valence-electron chi connectivity index (χ0n) is 24.7. The van der Waals surface area contributed by atoms with Gasteiger partial charge >= 0.3 is 12.1 Å². The van der Waals surface area contributed by atoms with E-state index >= 15 is 0 Å². The summed E-state index contributed by atoms with van der Waals surface area (Å²) < 4.78 is 18.0. The number of aromatic nitrogens is 1. The van der Waals surface area contributed by atoms with E-state index < -0.39 is 11.7 Å². The van der Waals surface area contributed by atoms with E-state index in [9.17, 15) is 9.59 Å². The molecule has 228 valence electrons. The molecule has 1 heterocycles. The first kappa shape index (κ1) is 34.2. The number of anilines is 1. The number of nitriles is 1. The lowest BCUT2D eigenvalue weighted by Crippen LogP contribution is -2.40. The second-order valence-corrected chi connectivity index (χ2v) is 11.0. The summed E-state index contributed by atoms with van der Waals surface area (Å²) in [5, 5.41) is 12.3. The zero-order chi connectivity index (χ0) is 30.8. The van der Waals surface area contributed by atoms with Crippen LogP contribution in [0.25, 0.3) is 0 Å². The van der Waals surface area contributed by atoms with Crippen LogP contribution in [0, 0.1) is 11.5 Å². The molecule has 2 aromatic rings. The third-order valence-corrected chi connectivity index (χ3v) is 6.09. The van der Waals surface area contributed by atoms with Crippen molar-refractivity contribution >= 4 is 35.3 Å². The molecule has 42 heavy (non-hydrogen) atoms. The Balaban J connectivity index is 1.70. The number of carbonyl (C=O) groups excluding carboxylic acids is 2. The number of rotatable bonds is 16. The summed E-state index contributed by atoms with van der Waals surface area (Å²) in [4.78, 5) is 29.2. The van der Waals surface area contributed by atoms with Crippen LogP contribution in [0.2, 0.25) is 5.02 Å². The fourth-order valence-corrected chi connectivity index (χ4v) is 3.89. The van der Waals surface area contributed by atoms with Gasteiger partial charge in [0.25, 0.3) is 6.73 Å². The van der Waals surface area contributed by atoms with Gasteiger partial charge in [-0.05, 0) is 70.7 Å². The van der Waals surface area contributed by atoms with Crippen LogP contribution < -0.4 is 25.3 Å². The number of nitrogens with one attached hydrogen (secondary N) is 1. The molecule has 0 saturated carbocycles. The van der Waals surface area contributed by atoms with Crippen LogP contribution in [0.5, 0.6) is 5.75 Å². The maximum absolute atomic E-state index is 12.1. The van der Waals surface area contributed by atoms with E-state index in [1.807, 2.05) is 24.3 Å². The van der Waals surface area contributed by atoms with E-state index in [1.165, 1.54) is 0 Å². The fraction of sp³-hybridized carbons (Fsp3) is 0.500.